The van der Waals surface area contributed by atoms with Gasteiger partial charge >= 0.3 is 0 Å². The number of sulfone groups is 1. The molecule has 156 valence electrons. The Balaban J connectivity index is 1.37. The maximum absolute atomic E-state index is 14.3. The molecule has 10 nitrogen and oxygen atoms in total. The predicted molar refractivity (Wildman–Crippen MR) is 99.7 cm³/mol. The number of tetrazole rings is 1. The Bertz CT molecular complexity index is 991. The highest BCUT2D eigenvalue weighted by Crippen LogP contribution is 2.28. The van der Waals surface area contributed by atoms with Crippen LogP contribution in [-0.4, -0.2) is 77.9 Å². The SMILES string of the molecule is CS(=O)(=O)c1ccc(OC2CCN(C3CCN(c4nn[nH]n4)CC3)C2=O)c(F)c1. The monoisotopic (exact) mass is 424 g/mol. The van der Waals surface area contributed by atoms with Crippen molar-refractivity contribution in [3.63, 3.8) is 0 Å². The summed E-state index contributed by atoms with van der Waals surface area (Å²) in [5.41, 5.74) is 0. The summed E-state index contributed by atoms with van der Waals surface area (Å²) in [6.07, 6.45) is 2.22. The Morgan fingerprint density at radius 2 is 1.97 bits per heavy atom. The van der Waals surface area contributed by atoms with Crippen molar-refractivity contribution in [3.8, 4) is 5.75 Å². The van der Waals surface area contributed by atoms with E-state index in [2.05, 4.69) is 20.6 Å². The summed E-state index contributed by atoms with van der Waals surface area (Å²) in [4.78, 5) is 16.5. The highest BCUT2D eigenvalue weighted by Gasteiger charge is 2.39. The van der Waals surface area contributed by atoms with E-state index in [1.807, 2.05) is 4.90 Å². The third kappa shape index (κ3) is 4.02. The molecule has 0 aliphatic carbocycles. The highest BCUT2D eigenvalue weighted by atomic mass is 32.2. The average molecular weight is 424 g/mol. The van der Waals surface area contributed by atoms with Gasteiger partial charge in [0, 0.05) is 38.4 Å². The van der Waals surface area contributed by atoms with Gasteiger partial charge in [0.1, 0.15) is 0 Å². The van der Waals surface area contributed by atoms with E-state index in [4.69, 9.17) is 4.74 Å². The standard InChI is InChI=1S/C17H21FN6O4S/c1-29(26,27)12-2-3-14(13(18)10-12)28-15-6-9-24(16(15)25)11-4-7-23(8-5-11)17-19-21-22-20-17/h2-3,10-11,15H,4-9H2,1H3,(H,19,20,21,22). The van der Waals surface area contributed by atoms with Crippen molar-refractivity contribution < 1.29 is 22.3 Å². The van der Waals surface area contributed by atoms with Crippen LogP contribution in [0.3, 0.4) is 0 Å². The molecule has 1 aromatic heterocycles. The van der Waals surface area contributed by atoms with Crippen LogP contribution in [0.4, 0.5) is 10.3 Å². The fraction of sp³-hybridized carbons (Fsp3) is 0.529. The van der Waals surface area contributed by atoms with E-state index in [1.54, 1.807) is 4.90 Å². The Hall–Kier alpha value is -2.76. The van der Waals surface area contributed by atoms with Crippen LogP contribution in [0, 0.1) is 5.82 Å². The fourth-order valence-corrected chi connectivity index (χ4v) is 4.41. The molecule has 2 aliphatic heterocycles. The maximum Gasteiger partial charge on any atom is 0.265 e. The summed E-state index contributed by atoms with van der Waals surface area (Å²) in [6.45, 7) is 1.96. The molecule has 2 fully saturated rings. The molecular weight excluding hydrogens is 403 g/mol. The number of rotatable bonds is 5. The molecule has 2 saturated heterocycles. The van der Waals surface area contributed by atoms with Gasteiger partial charge in [0.05, 0.1) is 4.90 Å². The Morgan fingerprint density at radius 3 is 2.59 bits per heavy atom. The van der Waals surface area contributed by atoms with Crippen molar-refractivity contribution in [3.05, 3.63) is 24.0 Å². The van der Waals surface area contributed by atoms with E-state index in [1.165, 1.54) is 12.1 Å². The number of nitrogens with one attached hydrogen (secondary N) is 1. The van der Waals surface area contributed by atoms with E-state index in [0.717, 1.165) is 25.2 Å². The Kier molecular flexibility index (Phi) is 5.11. The summed E-state index contributed by atoms with van der Waals surface area (Å²) >= 11 is 0. The zero-order chi connectivity index (χ0) is 20.6. The smallest absolute Gasteiger partial charge is 0.265 e. The third-order valence-corrected chi connectivity index (χ3v) is 6.42. The Morgan fingerprint density at radius 1 is 1.21 bits per heavy atom. The molecule has 0 bridgehead atoms. The van der Waals surface area contributed by atoms with E-state index in [-0.39, 0.29) is 22.6 Å². The second-order valence-electron chi connectivity index (χ2n) is 7.22. The number of nitrogens with zero attached hydrogens (tertiary/aromatic N) is 5. The Labute approximate surface area is 166 Å². The summed E-state index contributed by atoms with van der Waals surface area (Å²) < 4.78 is 42.9. The molecule has 3 heterocycles. The molecule has 1 amide bonds. The summed E-state index contributed by atoms with van der Waals surface area (Å²) in [5.74, 6) is -0.544. The number of H-pyrrole nitrogens is 1. The van der Waals surface area contributed by atoms with Crippen molar-refractivity contribution >= 4 is 21.7 Å². The number of piperidine rings is 1. The van der Waals surface area contributed by atoms with Crippen LogP contribution in [-0.2, 0) is 14.6 Å². The molecular formula is C17H21FN6O4S. The van der Waals surface area contributed by atoms with Gasteiger partial charge in [-0.25, -0.2) is 12.8 Å². The van der Waals surface area contributed by atoms with Gasteiger partial charge < -0.3 is 14.5 Å². The van der Waals surface area contributed by atoms with Crippen molar-refractivity contribution in [1.29, 1.82) is 0 Å². The molecule has 29 heavy (non-hydrogen) atoms. The van der Waals surface area contributed by atoms with E-state index in [9.17, 15) is 17.6 Å². The first-order valence-corrected chi connectivity index (χ1v) is 11.2. The van der Waals surface area contributed by atoms with Crippen molar-refractivity contribution in [2.75, 3.05) is 30.8 Å². The molecule has 1 aromatic carbocycles. The van der Waals surface area contributed by atoms with Crippen LogP contribution >= 0.6 is 0 Å². The zero-order valence-corrected chi connectivity index (χ0v) is 16.6. The van der Waals surface area contributed by atoms with Gasteiger partial charge in [-0.15, -0.1) is 5.10 Å². The highest BCUT2D eigenvalue weighted by molar-refractivity contribution is 7.90. The number of hydrogen-bond donors (Lipinski definition) is 1. The van der Waals surface area contributed by atoms with Gasteiger partial charge in [-0.2, -0.15) is 5.21 Å². The molecule has 2 aliphatic rings. The quantitative estimate of drug-likeness (QED) is 0.732. The molecule has 2 aromatic rings. The number of amides is 1. The lowest BCUT2D eigenvalue weighted by atomic mass is 10.0. The minimum atomic E-state index is -3.51. The minimum Gasteiger partial charge on any atom is -0.477 e. The van der Waals surface area contributed by atoms with E-state index in [0.29, 0.717) is 32.0 Å². The number of likely N-dealkylation sites (tertiary alicyclic amines) is 1. The number of hydrogen-bond acceptors (Lipinski definition) is 8. The van der Waals surface area contributed by atoms with Crippen molar-refractivity contribution in [2.45, 2.75) is 36.3 Å². The number of carbonyl (C=O) groups excluding carboxylic acids is 1. The number of halogens is 1. The van der Waals surface area contributed by atoms with Crippen molar-refractivity contribution in [2.24, 2.45) is 0 Å². The summed E-state index contributed by atoms with van der Waals surface area (Å²) in [5, 5.41) is 13.9. The van der Waals surface area contributed by atoms with Crippen LogP contribution in [0.5, 0.6) is 5.75 Å². The first-order valence-electron chi connectivity index (χ1n) is 9.28. The summed E-state index contributed by atoms with van der Waals surface area (Å²) in [7, 11) is -3.51. The largest absolute Gasteiger partial charge is 0.477 e. The number of ether oxygens (including phenoxy) is 1. The predicted octanol–water partition coefficient (Wildman–Crippen LogP) is 0.391. The summed E-state index contributed by atoms with van der Waals surface area (Å²) in [6, 6.07) is 3.52. The van der Waals surface area contributed by atoms with Crippen LogP contribution in [0.2, 0.25) is 0 Å². The number of aromatic nitrogens is 4. The molecule has 1 unspecified atom stereocenters. The second kappa shape index (κ2) is 7.58. The minimum absolute atomic E-state index is 0.0803. The van der Waals surface area contributed by atoms with Gasteiger partial charge in [0.2, 0.25) is 0 Å². The topological polar surface area (TPSA) is 121 Å². The lowest BCUT2D eigenvalue weighted by molar-refractivity contribution is -0.135. The van der Waals surface area contributed by atoms with Gasteiger partial charge in [0.25, 0.3) is 11.9 Å². The fourth-order valence-electron chi connectivity index (χ4n) is 3.78. The molecule has 1 atom stereocenters. The van der Waals surface area contributed by atoms with E-state index >= 15 is 0 Å². The first kappa shape index (κ1) is 19.6. The molecule has 4 rings (SSSR count). The third-order valence-electron chi connectivity index (χ3n) is 5.31. The zero-order valence-electron chi connectivity index (χ0n) is 15.8. The van der Waals surface area contributed by atoms with Crippen LogP contribution in [0.25, 0.3) is 0 Å². The lowest BCUT2D eigenvalue weighted by Gasteiger charge is -2.36. The second-order valence-corrected chi connectivity index (χ2v) is 9.24. The van der Waals surface area contributed by atoms with Gasteiger partial charge in [-0.1, -0.05) is 5.10 Å². The maximum atomic E-state index is 14.3. The normalized spacial score (nSPS) is 21.0. The van der Waals surface area contributed by atoms with Crippen molar-refractivity contribution in [1.82, 2.24) is 25.5 Å². The van der Waals surface area contributed by atoms with Gasteiger partial charge in [-0.05, 0) is 36.3 Å². The number of benzene rings is 1. The molecule has 12 heteroatoms. The van der Waals surface area contributed by atoms with Crippen LogP contribution in [0.1, 0.15) is 19.3 Å². The number of anilines is 1. The molecule has 0 spiro atoms. The lowest BCUT2D eigenvalue weighted by Crippen LogP contribution is -2.47. The molecule has 1 N–H and O–H groups in total. The van der Waals surface area contributed by atoms with Gasteiger partial charge in [-0.3, -0.25) is 4.79 Å². The number of carbonyl (C=O) groups is 1. The number of aromatic amines is 1. The van der Waals surface area contributed by atoms with Gasteiger partial charge in [0.15, 0.2) is 27.5 Å². The molecule has 0 saturated carbocycles. The first-order chi connectivity index (χ1) is 13.8. The van der Waals surface area contributed by atoms with Crippen LogP contribution in [0.15, 0.2) is 23.1 Å². The van der Waals surface area contributed by atoms with Crippen LogP contribution < -0.4 is 9.64 Å². The van der Waals surface area contributed by atoms with E-state index < -0.39 is 21.8 Å². The average Bonchev–Trinajstić information content (AvgIpc) is 3.34. The molecule has 0 radical (unpaired) electrons.